The van der Waals surface area contributed by atoms with Crippen LogP contribution in [0.4, 0.5) is 4.39 Å². The Morgan fingerprint density at radius 2 is 1.50 bits per heavy atom. The first kappa shape index (κ1) is 21.6. The first-order valence-electron chi connectivity index (χ1n) is 10.5. The Labute approximate surface area is 185 Å². The van der Waals surface area contributed by atoms with E-state index in [4.69, 9.17) is 0 Å². The molecule has 2 aromatic carbocycles. The van der Waals surface area contributed by atoms with E-state index in [0.717, 1.165) is 11.1 Å². The summed E-state index contributed by atoms with van der Waals surface area (Å²) in [6, 6.07) is 18.3. The largest absolute Gasteiger partial charge is 0.338 e. The maximum Gasteiger partial charge on any atom is 0.253 e. The van der Waals surface area contributed by atoms with Crippen LogP contribution < -0.4 is 5.56 Å². The molecule has 0 unspecified atom stereocenters. The van der Waals surface area contributed by atoms with Crippen molar-refractivity contribution in [1.29, 1.82) is 0 Å². The molecule has 1 saturated heterocycles. The van der Waals surface area contributed by atoms with Gasteiger partial charge in [-0.15, -0.1) is 0 Å². The maximum atomic E-state index is 13.5. The van der Waals surface area contributed by atoms with Crippen molar-refractivity contribution in [3.63, 3.8) is 0 Å². The van der Waals surface area contributed by atoms with E-state index in [2.05, 4.69) is 17.0 Å². The van der Waals surface area contributed by atoms with Crippen LogP contribution in [0.2, 0.25) is 0 Å². The highest BCUT2D eigenvalue weighted by atomic mass is 19.1. The number of amides is 1. The number of ketones is 1. The summed E-state index contributed by atoms with van der Waals surface area (Å²) in [6.07, 6.45) is 1.44. The van der Waals surface area contributed by atoms with Gasteiger partial charge in [-0.2, -0.15) is 0 Å². The van der Waals surface area contributed by atoms with Gasteiger partial charge in [0.15, 0.2) is 11.8 Å². The fourth-order valence-electron chi connectivity index (χ4n) is 3.92. The highest BCUT2D eigenvalue weighted by Crippen LogP contribution is 2.19. The second-order valence-corrected chi connectivity index (χ2v) is 7.81. The molecule has 1 aliphatic rings. The molecule has 0 bridgehead atoms. The number of pyridine rings is 1. The number of hydrogen-bond acceptors (Lipinski definition) is 4. The molecule has 1 atom stereocenters. The Morgan fingerprint density at radius 3 is 2.16 bits per heavy atom. The summed E-state index contributed by atoms with van der Waals surface area (Å²) < 4.78 is 14.5. The van der Waals surface area contributed by atoms with Crippen LogP contribution in [0, 0.1) is 5.82 Å². The van der Waals surface area contributed by atoms with E-state index in [1.807, 2.05) is 18.2 Å². The predicted molar refractivity (Wildman–Crippen MR) is 119 cm³/mol. The van der Waals surface area contributed by atoms with Gasteiger partial charge in [-0.1, -0.05) is 36.4 Å². The van der Waals surface area contributed by atoms with Crippen LogP contribution in [-0.4, -0.2) is 52.2 Å². The number of carbonyl (C=O) groups excluding carboxylic acids is 2. The first-order chi connectivity index (χ1) is 15.5. The van der Waals surface area contributed by atoms with Gasteiger partial charge >= 0.3 is 0 Å². The molecule has 2 heterocycles. The molecular formula is C25H24FN3O3. The summed E-state index contributed by atoms with van der Waals surface area (Å²) >= 11 is 0. The third-order valence-electron chi connectivity index (χ3n) is 5.67. The van der Waals surface area contributed by atoms with Crippen LogP contribution in [-0.2, 0) is 11.3 Å². The monoisotopic (exact) mass is 433 g/mol. The maximum absolute atomic E-state index is 13.5. The van der Waals surface area contributed by atoms with Gasteiger partial charge in [-0.3, -0.25) is 23.9 Å². The summed E-state index contributed by atoms with van der Waals surface area (Å²) in [7, 11) is 0. The van der Waals surface area contributed by atoms with Crippen LogP contribution in [0.5, 0.6) is 0 Å². The van der Waals surface area contributed by atoms with Gasteiger partial charge in [0.05, 0.1) is 0 Å². The Balaban J connectivity index is 1.53. The summed E-state index contributed by atoms with van der Waals surface area (Å²) in [5.74, 6) is -1.43. The van der Waals surface area contributed by atoms with Gasteiger partial charge in [0.1, 0.15) is 5.82 Å². The molecule has 164 valence electrons. The lowest BCUT2D eigenvalue weighted by Gasteiger charge is -2.36. The SMILES string of the molecule is O=C(c1ccc(F)cc1)[C@@H](C(=O)N1CCN(Cc2ccccc2)CC1)n1ccccc1=O. The summed E-state index contributed by atoms with van der Waals surface area (Å²) in [4.78, 5) is 43.1. The second kappa shape index (κ2) is 9.70. The number of carbonyl (C=O) groups is 2. The van der Waals surface area contributed by atoms with Crippen LogP contribution >= 0.6 is 0 Å². The van der Waals surface area contributed by atoms with Crippen molar-refractivity contribution in [2.45, 2.75) is 12.6 Å². The molecule has 0 radical (unpaired) electrons. The van der Waals surface area contributed by atoms with Crippen LogP contribution in [0.25, 0.3) is 0 Å². The number of Topliss-reactive ketones (excluding diaryl/α,β-unsaturated/α-hetero) is 1. The van der Waals surface area contributed by atoms with E-state index in [0.29, 0.717) is 26.2 Å². The summed E-state index contributed by atoms with van der Waals surface area (Å²) in [5.41, 5.74) is 0.944. The zero-order valence-corrected chi connectivity index (χ0v) is 17.6. The smallest absolute Gasteiger partial charge is 0.253 e. The van der Waals surface area contributed by atoms with Gasteiger partial charge in [-0.05, 0) is 35.9 Å². The zero-order chi connectivity index (χ0) is 22.5. The Kier molecular flexibility index (Phi) is 6.56. The number of rotatable bonds is 6. The minimum Gasteiger partial charge on any atom is -0.338 e. The van der Waals surface area contributed by atoms with Crippen molar-refractivity contribution >= 4 is 11.7 Å². The van der Waals surface area contributed by atoms with Crippen molar-refractivity contribution in [2.75, 3.05) is 26.2 Å². The molecule has 1 fully saturated rings. The fraction of sp³-hybridized carbons (Fsp3) is 0.240. The molecule has 0 saturated carbocycles. The predicted octanol–water partition coefficient (Wildman–Crippen LogP) is 2.76. The van der Waals surface area contributed by atoms with Crippen LogP contribution in [0.3, 0.4) is 0 Å². The fourth-order valence-corrected chi connectivity index (χ4v) is 3.92. The molecule has 0 aliphatic carbocycles. The number of piperazine rings is 1. The highest BCUT2D eigenvalue weighted by Gasteiger charge is 2.35. The Bertz CT molecular complexity index is 1140. The van der Waals surface area contributed by atoms with E-state index in [1.165, 1.54) is 42.1 Å². The Morgan fingerprint density at radius 1 is 0.844 bits per heavy atom. The lowest BCUT2D eigenvalue weighted by Crippen LogP contribution is -2.52. The lowest BCUT2D eigenvalue weighted by atomic mass is 10.0. The van der Waals surface area contributed by atoms with Gasteiger partial charge in [0, 0.05) is 50.6 Å². The van der Waals surface area contributed by atoms with Crippen molar-refractivity contribution in [3.05, 3.63) is 106 Å². The molecular weight excluding hydrogens is 409 g/mol. The normalized spacial score (nSPS) is 15.3. The average Bonchev–Trinajstić information content (AvgIpc) is 2.82. The third-order valence-corrected chi connectivity index (χ3v) is 5.67. The van der Waals surface area contributed by atoms with Crippen molar-refractivity contribution in [1.82, 2.24) is 14.4 Å². The molecule has 32 heavy (non-hydrogen) atoms. The van der Waals surface area contributed by atoms with E-state index in [1.54, 1.807) is 17.0 Å². The van der Waals surface area contributed by atoms with Gasteiger partial charge < -0.3 is 4.90 Å². The van der Waals surface area contributed by atoms with Crippen molar-refractivity contribution in [2.24, 2.45) is 0 Å². The average molecular weight is 433 g/mol. The van der Waals surface area contributed by atoms with E-state index >= 15 is 0 Å². The standard InChI is InChI=1S/C25H24FN3O3/c26-21-11-9-20(10-12-21)24(31)23(29-13-5-4-8-22(29)30)25(32)28-16-14-27(15-17-28)18-19-6-2-1-3-7-19/h1-13,23H,14-18H2/t23-/m0/s1. The number of benzene rings is 2. The van der Waals surface area contributed by atoms with E-state index < -0.39 is 29.1 Å². The number of halogens is 1. The third kappa shape index (κ3) is 4.84. The van der Waals surface area contributed by atoms with E-state index in [9.17, 15) is 18.8 Å². The molecule has 1 amide bonds. The van der Waals surface area contributed by atoms with Gasteiger partial charge in [0.2, 0.25) is 0 Å². The van der Waals surface area contributed by atoms with Crippen LogP contribution in [0.1, 0.15) is 22.0 Å². The topological polar surface area (TPSA) is 62.6 Å². The molecule has 6 nitrogen and oxygen atoms in total. The van der Waals surface area contributed by atoms with Crippen molar-refractivity contribution in [3.8, 4) is 0 Å². The first-order valence-corrected chi connectivity index (χ1v) is 10.5. The zero-order valence-electron chi connectivity index (χ0n) is 17.6. The number of hydrogen-bond donors (Lipinski definition) is 0. The highest BCUT2D eigenvalue weighted by molar-refractivity contribution is 6.11. The molecule has 0 N–H and O–H groups in total. The Hall–Kier alpha value is -3.58. The molecule has 3 aromatic rings. The summed E-state index contributed by atoms with van der Waals surface area (Å²) in [6.45, 7) is 3.05. The molecule has 0 spiro atoms. The van der Waals surface area contributed by atoms with Gasteiger partial charge in [0.25, 0.3) is 11.5 Å². The van der Waals surface area contributed by atoms with Gasteiger partial charge in [-0.25, -0.2) is 4.39 Å². The molecule has 7 heteroatoms. The minimum absolute atomic E-state index is 0.184. The number of aromatic nitrogens is 1. The summed E-state index contributed by atoms with van der Waals surface area (Å²) in [5, 5.41) is 0. The number of nitrogens with zero attached hydrogens (tertiary/aromatic N) is 3. The van der Waals surface area contributed by atoms with E-state index in [-0.39, 0.29) is 5.56 Å². The van der Waals surface area contributed by atoms with Crippen LogP contribution in [0.15, 0.2) is 83.8 Å². The quantitative estimate of drug-likeness (QED) is 0.443. The lowest BCUT2D eigenvalue weighted by molar-refractivity contribution is -0.135. The second-order valence-electron chi connectivity index (χ2n) is 7.81. The molecule has 1 aliphatic heterocycles. The minimum atomic E-state index is -1.32. The van der Waals surface area contributed by atoms with Crippen molar-refractivity contribution < 1.29 is 14.0 Å². The molecule has 4 rings (SSSR count). The molecule has 1 aromatic heterocycles.